The van der Waals surface area contributed by atoms with Crippen molar-refractivity contribution in [3.05, 3.63) is 29.6 Å². The number of nitrogens with zero attached hydrogens (tertiary/aromatic N) is 1. The number of hydrogen-bond acceptors (Lipinski definition) is 3. The molecular formula is C16H21BFNO2. The first kappa shape index (κ1) is 15.9. The van der Waals surface area contributed by atoms with Crippen LogP contribution in [0.5, 0.6) is 0 Å². The first-order chi connectivity index (χ1) is 9.66. The van der Waals surface area contributed by atoms with E-state index in [1.807, 2.05) is 39.8 Å². The molecule has 0 amide bonds. The average molecular weight is 289 g/mol. The van der Waals surface area contributed by atoms with Crippen LogP contribution in [-0.2, 0) is 9.31 Å². The normalized spacial score (nSPS) is 20.7. The lowest BCUT2D eigenvalue weighted by Crippen LogP contribution is -2.41. The summed E-state index contributed by atoms with van der Waals surface area (Å²) in [6.07, 6.45) is 1.43. The standard InChI is InChI=1S/C16H21BFNO2/c1-11(18)9-12-7-8-13(10-14(12)19-6)17-20-15(2,3)16(4,5)21-17/h7-10H,6H2,1-5H3/b11-9+. The van der Waals surface area contributed by atoms with E-state index < -0.39 is 18.3 Å². The zero-order chi connectivity index (χ0) is 15.8. The highest BCUT2D eigenvalue weighted by Gasteiger charge is 2.51. The van der Waals surface area contributed by atoms with Crippen molar-refractivity contribution < 1.29 is 13.7 Å². The molecule has 1 saturated heterocycles. The largest absolute Gasteiger partial charge is 0.494 e. The summed E-state index contributed by atoms with van der Waals surface area (Å²) >= 11 is 0. The second-order valence-corrected chi connectivity index (χ2v) is 6.30. The van der Waals surface area contributed by atoms with Crippen LogP contribution < -0.4 is 5.46 Å². The zero-order valence-corrected chi connectivity index (χ0v) is 13.2. The molecule has 0 aromatic heterocycles. The Bertz CT molecular complexity index is 576. The highest BCUT2D eigenvalue weighted by molar-refractivity contribution is 6.62. The molecule has 1 aliphatic heterocycles. The molecule has 2 rings (SSSR count). The van der Waals surface area contributed by atoms with Gasteiger partial charge < -0.3 is 9.31 Å². The van der Waals surface area contributed by atoms with Gasteiger partial charge in [-0.3, -0.25) is 4.99 Å². The maximum atomic E-state index is 13.1. The second kappa shape index (κ2) is 5.39. The molecular weight excluding hydrogens is 268 g/mol. The van der Waals surface area contributed by atoms with E-state index in [0.29, 0.717) is 11.3 Å². The second-order valence-electron chi connectivity index (χ2n) is 6.30. The van der Waals surface area contributed by atoms with Crippen molar-refractivity contribution in [3.63, 3.8) is 0 Å². The molecule has 1 aromatic rings. The van der Waals surface area contributed by atoms with Crippen LogP contribution in [0.25, 0.3) is 6.08 Å². The van der Waals surface area contributed by atoms with Crippen molar-refractivity contribution in [2.75, 3.05) is 0 Å². The van der Waals surface area contributed by atoms with Gasteiger partial charge in [0.25, 0.3) is 0 Å². The third-order valence-corrected chi connectivity index (χ3v) is 4.10. The van der Waals surface area contributed by atoms with Crippen LogP contribution in [0.4, 0.5) is 10.1 Å². The number of allylic oxidation sites excluding steroid dienone is 1. The molecule has 21 heavy (non-hydrogen) atoms. The highest BCUT2D eigenvalue weighted by Crippen LogP contribution is 2.36. The lowest BCUT2D eigenvalue weighted by Gasteiger charge is -2.32. The SMILES string of the molecule is C=Nc1cc(B2OC(C)(C)C(C)(C)O2)ccc1/C=C(\C)F. The highest BCUT2D eigenvalue weighted by atomic mass is 19.1. The topological polar surface area (TPSA) is 30.8 Å². The van der Waals surface area contributed by atoms with E-state index in [-0.39, 0.29) is 5.83 Å². The fraction of sp³-hybridized carbons (Fsp3) is 0.438. The Balaban J connectivity index is 2.35. The van der Waals surface area contributed by atoms with E-state index in [1.165, 1.54) is 13.0 Å². The first-order valence-electron chi connectivity index (χ1n) is 6.96. The number of halogens is 1. The lowest BCUT2D eigenvalue weighted by atomic mass is 9.78. The molecule has 0 spiro atoms. The molecule has 0 radical (unpaired) electrons. The minimum atomic E-state index is -0.458. The van der Waals surface area contributed by atoms with Crippen molar-refractivity contribution in [2.24, 2.45) is 4.99 Å². The summed E-state index contributed by atoms with van der Waals surface area (Å²) in [5.41, 5.74) is 1.36. The molecule has 0 bridgehead atoms. The third-order valence-electron chi connectivity index (χ3n) is 4.10. The van der Waals surface area contributed by atoms with E-state index in [4.69, 9.17) is 9.31 Å². The molecule has 112 valence electrons. The van der Waals surface area contributed by atoms with Gasteiger partial charge in [0.15, 0.2) is 0 Å². The van der Waals surface area contributed by atoms with Gasteiger partial charge in [0.1, 0.15) is 0 Å². The average Bonchev–Trinajstić information content (AvgIpc) is 2.58. The molecule has 1 fully saturated rings. The Hall–Kier alpha value is -1.46. The summed E-state index contributed by atoms with van der Waals surface area (Å²) in [6, 6.07) is 5.49. The number of hydrogen-bond donors (Lipinski definition) is 0. The quantitative estimate of drug-likeness (QED) is 0.628. The van der Waals surface area contributed by atoms with Gasteiger partial charge in [-0.1, -0.05) is 12.1 Å². The number of aliphatic imine (C=N–C) groups is 1. The van der Waals surface area contributed by atoms with Gasteiger partial charge in [-0.2, -0.15) is 0 Å². The molecule has 1 aromatic carbocycles. The molecule has 0 aliphatic carbocycles. The molecule has 0 saturated carbocycles. The van der Waals surface area contributed by atoms with Crippen molar-refractivity contribution in [2.45, 2.75) is 45.8 Å². The van der Waals surface area contributed by atoms with Crippen LogP contribution in [0.15, 0.2) is 29.0 Å². The van der Waals surface area contributed by atoms with Crippen LogP contribution in [0.3, 0.4) is 0 Å². The van der Waals surface area contributed by atoms with Gasteiger partial charge >= 0.3 is 7.12 Å². The predicted octanol–water partition coefficient (Wildman–Crippen LogP) is 3.65. The van der Waals surface area contributed by atoms with Gasteiger partial charge in [-0.05, 0) is 58.9 Å². The van der Waals surface area contributed by atoms with Crippen LogP contribution >= 0.6 is 0 Å². The zero-order valence-electron chi connectivity index (χ0n) is 13.2. The maximum Gasteiger partial charge on any atom is 0.494 e. The van der Waals surface area contributed by atoms with Crippen molar-refractivity contribution in [1.82, 2.24) is 0 Å². The third kappa shape index (κ3) is 3.09. The Morgan fingerprint density at radius 3 is 2.29 bits per heavy atom. The number of benzene rings is 1. The molecule has 0 N–H and O–H groups in total. The van der Waals surface area contributed by atoms with Gasteiger partial charge in [0.2, 0.25) is 0 Å². The van der Waals surface area contributed by atoms with Crippen LogP contribution in [0.2, 0.25) is 0 Å². The first-order valence-corrected chi connectivity index (χ1v) is 6.96. The minimum absolute atomic E-state index is 0.275. The van der Waals surface area contributed by atoms with Gasteiger partial charge in [0, 0.05) is 5.56 Å². The molecule has 1 aliphatic rings. The summed E-state index contributed by atoms with van der Waals surface area (Å²) in [7, 11) is -0.458. The Kier molecular flexibility index (Phi) is 4.09. The van der Waals surface area contributed by atoms with Gasteiger partial charge in [-0.15, -0.1) is 0 Å². The number of rotatable bonds is 3. The van der Waals surface area contributed by atoms with E-state index >= 15 is 0 Å². The molecule has 0 atom stereocenters. The molecule has 0 unspecified atom stereocenters. The summed E-state index contributed by atoms with van der Waals surface area (Å²) < 4.78 is 25.1. The molecule has 5 heteroatoms. The minimum Gasteiger partial charge on any atom is -0.399 e. The van der Waals surface area contributed by atoms with Crippen molar-refractivity contribution >= 4 is 31.1 Å². The Morgan fingerprint density at radius 2 is 1.81 bits per heavy atom. The van der Waals surface area contributed by atoms with Crippen LogP contribution in [0, 0.1) is 0 Å². The summed E-state index contributed by atoms with van der Waals surface area (Å²) in [4.78, 5) is 3.96. The maximum absolute atomic E-state index is 13.1. The Labute approximate surface area is 126 Å². The van der Waals surface area contributed by atoms with Gasteiger partial charge in [-0.25, -0.2) is 4.39 Å². The lowest BCUT2D eigenvalue weighted by molar-refractivity contribution is 0.00578. The van der Waals surface area contributed by atoms with Crippen LogP contribution in [0.1, 0.15) is 40.2 Å². The van der Waals surface area contributed by atoms with Crippen LogP contribution in [-0.4, -0.2) is 25.0 Å². The predicted molar refractivity (Wildman–Crippen MR) is 86.1 cm³/mol. The molecule has 3 nitrogen and oxygen atoms in total. The van der Waals surface area contributed by atoms with E-state index in [2.05, 4.69) is 11.7 Å². The monoisotopic (exact) mass is 289 g/mol. The smallest absolute Gasteiger partial charge is 0.399 e. The summed E-state index contributed by atoms with van der Waals surface area (Å²) in [5, 5.41) is 0. The summed E-state index contributed by atoms with van der Waals surface area (Å²) in [5.74, 6) is -0.275. The van der Waals surface area contributed by atoms with Gasteiger partial charge in [0.05, 0.1) is 22.7 Å². The van der Waals surface area contributed by atoms with E-state index in [1.54, 1.807) is 6.07 Å². The van der Waals surface area contributed by atoms with E-state index in [9.17, 15) is 4.39 Å². The van der Waals surface area contributed by atoms with Crippen molar-refractivity contribution in [3.8, 4) is 0 Å². The fourth-order valence-corrected chi connectivity index (χ4v) is 2.16. The van der Waals surface area contributed by atoms with E-state index in [0.717, 1.165) is 5.46 Å². The van der Waals surface area contributed by atoms with Crippen molar-refractivity contribution in [1.29, 1.82) is 0 Å². The molecule has 1 heterocycles. The summed E-state index contributed by atoms with van der Waals surface area (Å²) in [6.45, 7) is 13.0. The fourth-order valence-electron chi connectivity index (χ4n) is 2.16. The Morgan fingerprint density at radius 1 is 1.24 bits per heavy atom.